The SMILES string of the molecule is CCC1CCCN1C(C)CNCc1ccco1. The lowest BCUT2D eigenvalue weighted by Gasteiger charge is -2.30. The maximum absolute atomic E-state index is 5.31. The van der Waals surface area contributed by atoms with Gasteiger partial charge >= 0.3 is 0 Å². The topological polar surface area (TPSA) is 28.4 Å². The van der Waals surface area contributed by atoms with Crippen LogP contribution in [0.5, 0.6) is 0 Å². The molecule has 17 heavy (non-hydrogen) atoms. The average molecular weight is 236 g/mol. The molecule has 0 spiro atoms. The molecule has 1 aliphatic rings. The van der Waals surface area contributed by atoms with Crippen molar-refractivity contribution in [3.05, 3.63) is 24.2 Å². The van der Waals surface area contributed by atoms with E-state index in [0.29, 0.717) is 6.04 Å². The Morgan fingerprint density at radius 3 is 3.18 bits per heavy atom. The van der Waals surface area contributed by atoms with Crippen LogP contribution in [-0.2, 0) is 6.54 Å². The molecule has 2 unspecified atom stereocenters. The molecule has 0 bridgehead atoms. The molecule has 1 fully saturated rings. The number of nitrogens with zero attached hydrogens (tertiary/aromatic N) is 1. The summed E-state index contributed by atoms with van der Waals surface area (Å²) in [5, 5.41) is 3.47. The monoisotopic (exact) mass is 236 g/mol. The fraction of sp³-hybridized carbons (Fsp3) is 0.714. The van der Waals surface area contributed by atoms with Crippen LogP contribution in [0.25, 0.3) is 0 Å². The van der Waals surface area contributed by atoms with Crippen LogP contribution in [0.15, 0.2) is 22.8 Å². The van der Waals surface area contributed by atoms with Gasteiger partial charge in [0.05, 0.1) is 12.8 Å². The van der Waals surface area contributed by atoms with Crippen LogP contribution >= 0.6 is 0 Å². The summed E-state index contributed by atoms with van der Waals surface area (Å²) in [6.07, 6.45) is 5.75. The number of nitrogens with one attached hydrogen (secondary N) is 1. The van der Waals surface area contributed by atoms with Crippen molar-refractivity contribution in [3.63, 3.8) is 0 Å². The quantitative estimate of drug-likeness (QED) is 0.823. The molecule has 1 N–H and O–H groups in total. The molecule has 2 rings (SSSR count). The summed E-state index contributed by atoms with van der Waals surface area (Å²) in [6.45, 7) is 7.76. The van der Waals surface area contributed by atoms with Crippen molar-refractivity contribution in [1.82, 2.24) is 10.2 Å². The smallest absolute Gasteiger partial charge is 0.117 e. The first-order chi connectivity index (χ1) is 8.31. The van der Waals surface area contributed by atoms with Gasteiger partial charge in [0.15, 0.2) is 0 Å². The zero-order chi connectivity index (χ0) is 12.1. The van der Waals surface area contributed by atoms with Gasteiger partial charge in [-0.25, -0.2) is 0 Å². The summed E-state index contributed by atoms with van der Waals surface area (Å²) in [5.41, 5.74) is 0. The van der Waals surface area contributed by atoms with Crippen molar-refractivity contribution in [1.29, 1.82) is 0 Å². The Hall–Kier alpha value is -0.800. The Kier molecular flexibility index (Phi) is 4.63. The molecule has 0 aromatic carbocycles. The summed E-state index contributed by atoms with van der Waals surface area (Å²) in [6, 6.07) is 5.38. The molecule has 96 valence electrons. The molecule has 0 amide bonds. The van der Waals surface area contributed by atoms with E-state index in [-0.39, 0.29) is 0 Å². The second-order valence-corrected chi connectivity index (χ2v) is 5.00. The van der Waals surface area contributed by atoms with Gasteiger partial charge in [-0.15, -0.1) is 0 Å². The van der Waals surface area contributed by atoms with Gasteiger partial charge in [-0.2, -0.15) is 0 Å². The van der Waals surface area contributed by atoms with Gasteiger partial charge < -0.3 is 9.73 Å². The number of likely N-dealkylation sites (tertiary alicyclic amines) is 1. The highest BCUT2D eigenvalue weighted by molar-refractivity contribution is 4.97. The average Bonchev–Trinajstić information content (AvgIpc) is 2.99. The summed E-state index contributed by atoms with van der Waals surface area (Å²) >= 11 is 0. The van der Waals surface area contributed by atoms with E-state index in [2.05, 4.69) is 24.1 Å². The van der Waals surface area contributed by atoms with E-state index in [1.807, 2.05) is 12.1 Å². The lowest BCUT2D eigenvalue weighted by molar-refractivity contribution is 0.182. The maximum atomic E-state index is 5.31. The van der Waals surface area contributed by atoms with Crippen molar-refractivity contribution >= 4 is 0 Å². The first-order valence-electron chi connectivity index (χ1n) is 6.80. The first-order valence-corrected chi connectivity index (χ1v) is 6.80. The Labute approximate surface area is 104 Å². The van der Waals surface area contributed by atoms with Crippen LogP contribution in [0.4, 0.5) is 0 Å². The van der Waals surface area contributed by atoms with Crippen molar-refractivity contribution in [2.75, 3.05) is 13.1 Å². The van der Waals surface area contributed by atoms with E-state index in [4.69, 9.17) is 4.42 Å². The van der Waals surface area contributed by atoms with Gasteiger partial charge in [0, 0.05) is 18.6 Å². The van der Waals surface area contributed by atoms with Gasteiger partial charge in [-0.3, -0.25) is 4.90 Å². The van der Waals surface area contributed by atoms with Gasteiger partial charge in [-0.05, 0) is 44.9 Å². The fourth-order valence-corrected chi connectivity index (χ4v) is 2.81. The summed E-state index contributed by atoms with van der Waals surface area (Å²) in [4.78, 5) is 2.65. The molecule has 0 radical (unpaired) electrons. The van der Waals surface area contributed by atoms with Gasteiger partial charge in [0.25, 0.3) is 0 Å². The molecule has 2 heterocycles. The minimum Gasteiger partial charge on any atom is -0.468 e. The van der Waals surface area contributed by atoms with Gasteiger partial charge in [0.2, 0.25) is 0 Å². The van der Waals surface area contributed by atoms with Crippen molar-refractivity contribution in [2.24, 2.45) is 0 Å². The lowest BCUT2D eigenvalue weighted by Crippen LogP contribution is -2.42. The second kappa shape index (κ2) is 6.22. The summed E-state index contributed by atoms with van der Waals surface area (Å²) in [5.74, 6) is 1.02. The highest BCUT2D eigenvalue weighted by atomic mass is 16.3. The molecule has 1 aliphatic heterocycles. The van der Waals surface area contributed by atoms with E-state index < -0.39 is 0 Å². The van der Waals surface area contributed by atoms with Crippen LogP contribution < -0.4 is 5.32 Å². The third kappa shape index (κ3) is 3.33. The number of furan rings is 1. The Morgan fingerprint density at radius 2 is 2.47 bits per heavy atom. The first kappa shape index (κ1) is 12.7. The fourth-order valence-electron chi connectivity index (χ4n) is 2.81. The zero-order valence-electron chi connectivity index (χ0n) is 11.0. The van der Waals surface area contributed by atoms with Crippen LogP contribution in [0.3, 0.4) is 0 Å². The number of rotatable bonds is 6. The molecule has 1 saturated heterocycles. The van der Waals surface area contributed by atoms with Crippen molar-refractivity contribution in [3.8, 4) is 0 Å². The summed E-state index contributed by atoms with van der Waals surface area (Å²) in [7, 11) is 0. The number of hydrogen-bond acceptors (Lipinski definition) is 3. The third-order valence-electron chi connectivity index (χ3n) is 3.78. The minimum absolute atomic E-state index is 0.623. The summed E-state index contributed by atoms with van der Waals surface area (Å²) < 4.78 is 5.31. The maximum Gasteiger partial charge on any atom is 0.117 e. The highest BCUT2D eigenvalue weighted by Gasteiger charge is 2.26. The van der Waals surface area contributed by atoms with E-state index in [0.717, 1.165) is 24.9 Å². The van der Waals surface area contributed by atoms with Crippen LogP contribution in [0.1, 0.15) is 38.9 Å². The Bertz CT molecular complexity index is 310. The predicted molar refractivity (Wildman–Crippen MR) is 69.9 cm³/mol. The minimum atomic E-state index is 0.623. The van der Waals surface area contributed by atoms with Gasteiger partial charge in [0.1, 0.15) is 5.76 Å². The van der Waals surface area contributed by atoms with E-state index in [1.54, 1.807) is 6.26 Å². The van der Waals surface area contributed by atoms with Crippen LogP contribution in [-0.4, -0.2) is 30.1 Å². The molecule has 0 saturated carbocycles. The van der Waals surface area contributed by atoms with Crippen LogP contribution in [0, 0.1) is 0 Å². The predicted octanol–water partition coefficient (Wildman–Crippen LogP) is 2.63. The van der Waals surface area contributed by atoms with Gasteiger partial charge in [-0.1, -0.05) is 6.92 Å². The normalized spacial score (nSPS) is 23.1. The van der Waals surface area contributed by atoms with Crippen LogP contribution in [0.2, 0.25) is 0 Å². The second-order valence-electron chi connectivity index (χ2n) is 5.00. The van der Waals surface area contributed by atoms with E-state index >= 15 is 0 Å². The Morgan fingerprint density at radius 1 is 1.59 bits per heavy atom. The van der Waals surface area contributed by atoms with E-state index in [9.17, 15) is 0 Å². The molecule has 3 heteroatoms. The zero-order valence-corrected chi connectivity index (χ0v) is 11.0. The lowest BCUT2D eigenvalue weighted by atomic mass is 10.1. The Balaban J connectivity index is 1.71. The van der Waals surface area contributed by atoms with Crippen molar-refractivity contribution < 1.29 is 4.42 Å². The van der Waals surface area contributed by atoms with E-state index in [1.165, 1.54) is 25.8 Å². The molecule has 3 nitrogen and oxygen atoms in total. The van der Waals surface area contributed by atoms with Crippen molar-refractivity contribution in [2.45, 2.75) is 51.7 Å². The highest BCUT2D eigenvalue weighted by Crippen LogP contribution is 2.21. The number of hydrogen-bond donors (Lipinski definition) is 1. The molecule has 2 atom stereocenters. The largest absolute Gasteiger partial charge is 0.468 e. The molecular formula is C14H24N2O. The molecular weight excluding hydrogens is 212 g/mol. The molecule has 1 aromatic rings. The molecule has 1 aromatic heterocycles. The standard InChI is InChI=1S/C14H24N2O/c1-3-13-6-4-8-16(13)12(2)10-15-11-14-7-5-9-17-14/h5,7,9,12-13,15H,3-4,6,8,10-11H2,1-2H3. The molecule has 0 aliphatic carbocycles. The third-order valence-corrected chi connectivity index (χ3v) is 3.78.